The van der Waals surface area contributed by atoms with Crippen LogP contribution in [0.4, 0.5) is 0 Å². The Labute approximate surface area is 141 Å². The van der Waals surface area contributed by atoms with Crippen molar-refractivity contribution in [2.45, 2.75) is 40.2 Å². The molecule has 0 radical (unpaired) electrons. The van der Waals surface area contributed by atoms with E-state index in [1.165, 1.54) is 0 Å². The molecule has 1 aliphatic carbocycles. The number of fused-ring (bicyclic) bond motifs is 1. The number of benzene rings is 1. The summed E-state index contributed by atoms with van der Waals surface area (Å²) in [6.07, 6.45) is 1.39. The lowest BCUT2D eigenvalue weighted by Crippen LogP contribution is -2.28. The number of aliphatic hydroxyl groups is 1. The lowest BCUT2D eigenvalue weighted by atomic mass is 9.75. The minimum absolute atomic E-state index is 0.0499. The molecule has 0 amide bonds. The summed E-state index contributed by atoms with van der Waals surface area (Å²) in [4.78, 5) is 23.9. The molecular weight excluding hydrogens is 304 g/mol. The van der Waals surface area contributed by atoms with Crippen LogP contribution in [0.3, 0.4) is 0 Å². The molecule has 1 N–H and O–H groups in total. The molecule has 1 heterocycles. The van der Waals surface area contributed by atoms with Gasteiger partial charge in [-0.2, -0.15) is 5.10 Å². The van der Waals surface area contributed by atoms with Crippen LogP contribution in [0.1, 0.15) is 57.9 Å². The number of ketones is 2. The average molecular weight is 326 g/mol. The van der Waals surface area contributed by atoms with Crippen LogP contribution in [0.5, 0.6) is 0 Å². The SMILES string of the molecule is Cc1nn(Cc2ccc(C(=O)CO)cc2)c2c1C(=O)CC(C)(C)C2. The molecule has 5 nitrogen and oxygen atoms in total. The van der Waals surface area contributed by atoms with Crippen LogP contribution in [0, 0.1) is 12.3 Å². The Morgan fingerprint density at radius 3 is 2.54 bits per heavy atom. The lowest BCUT2D eigenvalue weighted by Gasteiger charge is -2.29. The summed E-state index contributed by atoms with van der Waals surface area (Å²) in [5, 5.41) is 13.5. The molecule has 24 heavy (non-hydrogen) atoms. The molecule has 0 atom stereocenters. The van der Waals surface area contributed by atoms with Crippen LogP contribution in [0.2, 0.25) is 0 Å². The molecule has 5 heteroatoms. The molecule has 1 aromatic carbocycles. The molecule has 2 aromatic rings. The first-order chi connectivity index (χ1) is 11.3. The number of carbonyl (C=O) groups excluding carboxylic acids is 2. The predicted molar refractivity (Wildman–Crippen MR) is 90.4 cm³/mol. The number of rotatable bonds is 4. The molecule has 0 saturated carbocycles. The number of carbonyl (C=O) groups is 2. The number of aryl methyl sites for hydroxylation is 1. The van der Waals surface area contributed by atoms with Gasteiger partial charge in [0.1, 0.15) is 6.61 Å². The van der Waals surface area contributed by atoms with Crippen LogP contribution in [0.15, 0.2) is 24.3 Å². The monoisotopic (exact) mass is 326 g/mol. The number of Topliss-reactive ketones (excluding diaryl/α,β-unsaturated/α-hetero) is 2. The number of hydrogen-bond donors (Lipinski definition) is 1. The van der Waals surface area contributed by atoms with E-state index in [2.05, 4.69) is 18.9 Å². The van der Waals surface area contributed by atoms with Crippen LogP contribution >= 0.6 is 0 Å². The Morgan fingerprint density at radius 2 is 1.92 bits per heavy atom. The number of hydrogen-bond acceptors (Lipinski definition) is 4. The van der Waals surface area contributed by atoms with E-state index in [1.807, 2.05) is 23.7 Å². The summed E-state index contributed by atoms with van der Waals surface area (Å²) in [5.41, 5.74) is 4.02. The van der Waals surface area contributed by atoms with Crippen molar-refractivity contribution in [2.24, 2.45) is 5.41 Å². The first kappa shape index (κ1) is 16.6. The van der Waals surface area contributed by atoms with Gasteiger partial charge in [-0.3, -0.25) is 14.3 Å². The maximum Gasteiger partial charge on any atom is 0.188 e. The van der Waals surface area contributed by atoms with Crippen LogP contribution in [-0.2, 0) is 13.0 Å². The van der Waals surface area contributed by atoms with Crippen LogP contribution in [0.25, 0.3) is 0 Å². The van der Waals surface area contributed by atoms with Gasteiger partial charge in [-0.05, 0) is 24.3 Å². The zero-order valence-corrected chi connectivity index (χ0v) is 14.3. The van der Waals surface area contributed by atoms with Crippen LogP contribution in [-0.4, -0.2) is 33.1 Å². The fourth-order valence-electron chi connectivity index (χ4n) is 3.40. The minimum atomic E-state index is -0.484. The van der Waals surface area contributed by atoms with E-state index in [1.54, 1.807) is 12.1 Å². The molecule has 1 aromatic heterocycles. The van der Waals surface area contributed by atoms with Crippen molar-refractivity contribution in [3.05, 3.63) is 52.3 Å². The van der Waals surface area contributed by atoms with Crippen molar-refractivity contribution >= 4 is 11.6 Å². The van der Waals surface area contributed by atoms with Gasteiger partial charge < -0.3 is 5.11 Å². The lowest BCUT2D eigenvalue weighted by molar-refractivity contribution is 0.0898. The highest BCUT2D eigenvalue weighted by atomic mass is 16.3. The highest BCUT2D eigenvalue weighted by Crippen LogP contribution is 2.36. The van der Waals surface area contributed by atoms with Gasteiger partial charge in [-0.1, -0.05) is 38.1 Å². The normalized spacial score (nSPS) is 16.1. The molecule has 0 bridgehead atoms. The second kappa shape index (κ2) is 5.98. The molecule has 3 rings (SSSR count). The smallest absolute Gasteiger partial charge is 0.188 e. The second-order valence-corrected chi connectivity index (χ2v) is 7.28. The fraction of sp³-hybridized carbons (Fsp3) is 0.421. The Bertz CT molecular complexity index is 801. The van der Waals surface area contributed by atoms with Gasteiger partial charge in [0.25, 0.3) is 0 Å². The van der Waals surface area contributed by atoms with E-state index >= 15 is 0 Å². The Hall–Kier alpha value is -2.27. The quantitative estimate of drug-likeness (QED) is 0.877. The van der Waals surface area contributed by atoms with Gasteiger partial charge in [0.2, 0.25) is 0 Å². The van der Waals surface area contributed by atoms with Gasteiger partial charge in [0.05, 0.1) is 23.5 Å². The van der Waals surface area contributed by atoms with E-state index in [-0.39, 0.29) is 17.0 Å². The van der Waals surface area contributed by atoms with Gasteiger partial charge in [0.15, 0.2) is 11.6 Å². The Kier molecular flexibility index (Phi) is 4.13. The molecule has 0 saturated heterocycles. The predicted octanol–water partition coefficient (Wildman–Crippen LogP) is 2.57. The Balaban J connectivity index is 1.90. The van der Waals surface area contributed by atoms with Crippen molar-refractivity contribution in [2.75, 3.05) is 6.61 Å². The minimum Gasteiger partial charge on any atom is -0.388 e. The molecule has 126 valence electrons. The van der Waals surface area contributed by atoms with Crippen molar-refractivity contribution in [3.63, 3.8) is 0 Å². The standard InChI is InChI=1S/C19H22N2O3/c1-12-18-15(8-19(2,3)9-16(18)23)21(20-12)10-13-4-6-14(7-5-13)17(24)11-22/h4-7,22H,8-11H2,1-3H3. The van der Waals surface area contributed by atoms with Crippen LogP contribution < -0.4 is 0 Å². The zero-order chi connectivity index (χ0) is 17.5. The molecule has 0 aliphatic heterocycles. The third-order valence-electron chi connectivity index (χ3n) is 4.55. The molecule has 0 spiro atoms. The van der Waals surface area contributed by atoms with E-state index in [4.69, 9.17) is 5.11 Å². The fourth-order valence-corrected chi connectivity index (χ4v) is 3.40. The van der Waals surface area contributed by atoms with E-state index in [0.29, 0.717) is 18.5 Å². The van der Waals surface area contributed by atoms with Crippen molar-refractivity contribution < 1.29 is 14.7 Å². The number of nitrogens with zero attached hydrogens (tertiary/aromatic N) is 2. The average Bonchev–Trinajstić information content (AvgIpc) is 2.81. The maximum absolute atomic E-state index is 12.4. The largest absolute Gasteiger partial charge is 0.388 e. The topological polar surface area (TPSA) is 72.2 Å². The van der Waals surface area contributed by atoms with Gasteiger partial charge in [-0.15, -0.1) is 0 Å². The Morgan fingerprint density at radius 1 is 1.25 bits per heavy atom. The summed E-state index contributed by atoms with van der Waals surface area (Å²) in [6, 6.07) is 7.15. The third-order valence-corrected chi connectivity index (χ3v) is 4.55. The van der Waals surface area contributed by atoms with E-state index in [0.717, 1.165) is 28.9 Å². The molecule has 0 unspecified atom stereocenters. The van der Waals surface area contributed by atoms with Crippen molar-refractivity contribution in [1.29, 1.82) is 0 Å². The highest BCUT2D eigenvalue weighted by molar-refractivity contribution is 5.99. The maximum atomic E-state index is 12.4. The molecule has 1 aliphatic rings. The highest BCUT2D eigenvalue weighted by Gasteiger charge is 2.35. The number of aromatic nitrogens is 2. The second-order valence-electron chi connectivity index (χ2n) is 7.28. The summed E-state index contributed by atoms with van der Waals surface area (Å²) < 4.78 is 1.91. The molecule has 0 fully saturated rings. The third kappa shape index (κ3) is 3.04. The first-order valence-corrected chi connectivity index (χ1v) is 8.13. The zero-order valence-electron chi connectivity index (χ0n) is 14.3. The van der Waals surface area contributed by atoms with E-state index in [9.17, 15) is 9.59 Å². The van der Waals surface area contributed by atoms with Crippen molar-refractivity contribution in [1.82, 2.24) is 9.78 Å². The summed E-state index contributed by atoms with van der Waals surface area (Å²) in [5.74, 6) is -0.116. The number of aliphatic hydroxyl groups excluding tert-OH is 1. The molecular formula is C19H22N2O3. The summed E-state index contributed by atoms with van der Waals surface area (Å²) in [7, 11) is 0. The van der Waals surface area contributed by atoms with Gasteiger partial charge in [0, 0.05) is 12.0 Å². The van der Waals surface area contributed by atoms with Gasteiger partial charge >= 0.3 is 0 Å². The van der Waals surface area contributed by atoms with Gasteiger partial charge in [-0.25, -0.2) is 0 Å². The first-order valence-electron chi connectivity index (χ1n) is 8.13. The van der Waals surface area contributed by atoms with Crippen molar-refractivity contribution in [3.8, 4) is 0 Å². The van der Waals surface area contributed by atoms with E-state index < -0.39 is 6.61 Å². The summed E-state index contributed by atoms with van der Waals surface area (Å²) in [6.45, 7) is 6.18. The summed E-state index contributed by atoms with van der Waals surface area (Å²) >= 11 is 0.